The minimum absolute atomic E-state index is 0.103. The third-order valence-corrected chi connectivity index (χ3v) is 4.39. The lowest BCUT2D eigenvalue weighted by atomic mass is 9.98. The SMILES string of the molecule is Cc1ncc(CO)c(NCc2ccc(-c3ccccc3-c3nn[nH]n3)cc2)n1. The molecule has 140 valence electrons. The number of nitrogens with zero attached hydrogens (tertiary/aromatic N) is 5. The van der Waals surface area contributed by atoms with E-state index in [2.05, 4.69) is 60.2 Å². The molecule has 0 amide bonds. The third kappa shape index (κ3) is 3.72. The van der Waals surface area contributed by atoms with Gasteiger partial charge in [-0.2, -0.15) is 5.21 Å². The second-order valence-corrected chi connectivity index (χ2v) is 6.28. The van der Waals surface area contributed by atoms with Gasteiger partial charge in [0.2, 0.25) is 5.82 Å². The van der Waals surface area contributed by atoms with Gasteiger partial charge in [0.05, 0.1) is 6.61 Å². The number of tetrazole rings is 1. The summed E-state index contributed by atoms with van der Waals surface area (Å²) in [5.74, 6) is 1.88. The lowest BCUT2D eigenvalue weighted by Gasteiger charge is -2.11. The number of rotatable bonds is 6. The van der Waals surface area contributed by atoms with Gasteiger partial charge in [0.1, 0.15) is 11.6 Å². The van der Waals surface area contributed by atoms with Crippen molar-refractivity contribution < 1.29 is 5.11 Å². The molecule has 4 rings (SSSR count). The highest BCUT2D eigenvalue weighted by atomic mass is 16.3. The van der Waals surface area contributed by atoms with Gasteiger partial charge < -0.3 is 10.4 Å². The van der Waals surface area contributed by atoms with Crippen molar-refractivity contribution in [3.05, 3.63) is 71.7 Å². The van der Waals surface area contributed by atoms with E-state index in [0.29, 0.717) is 29.6 Å². The Labute approximate surface area is 161 Å². The minimum atomic E-state index is -0.103. The van der Waals surface area contributed by atoms with Crippen molar-refractivity contribution in [3.63, 3.8) is 0 Å². The molecule has 0 saturated heterocycles. The standard InChI is InChI=1S/C20H19N7O/c1-13-21-11-16(12-28)19(23-13)22-10-14-6-8-15(9-7-14)17-4-2-3-5-18(17)20-24-26-27-25-20/h2-9,11,28H,10,12H2,1H3,(H,21,22,23)(H,24,25,26,27). The zero-order chi connectivity index (χ0) is 19.3. The summed E-state index contributed by atoms with van der Waals surface area (Å²) in [7, 11) is 0. The van der Waals surface area contributed by atoms with Crippen molar-refractivity contribution in [2.24, 2.45) is 0 Å². The summed E-state index contributed by atoms with van der Waals surface area (Å²) >= 11 is 0. The van der Waals surface area contributed by atoms with E-state index in [1.54, 1.807) is 6.20 Å². The summed E-state index contributed by atoms with van der Waals surface area (Å²) in [6.07, 6.45) is 1.64. The van der Waals surface area contributed by atoms with Crippen molar-refractivity contribution in [1.82, 2.24) is 30.6 Å². The Balaban J connectivity index is 1.54. The minimum Gasteiger partial charge on any atom is -0.391 e. The monoisotopic (exact) mass is 373 g/mol. The Kier molecular flexibility index (Phi) is 5.03. The number of aryl methyl sites for hydroxylation is 1. The average Bonchev–Trinajstić information content (AvgIpc) is 3.27. The van der Waals surface area contributed by atoms with Crippen LogP contribution in [0.25, 0.3) is 22.5 Å². The van der Waals surface area contributed by atoms with E-state index in [0.717, 1.165) is 22.3 Å². The Bertz CT molecular complexity index is 1060. The highest BCUT2D eigenvalue weighted by Gasteiger charge is 2.10. The van der Waals surface area contributed by atoms with Crippen LogP contribution in [0.4, 0.5) is 5.82 Å². The first kappa shape index (κ1) is 17.7. The molecule has 0 aliphatic carbocycles. The first-order chi connectivity index (χ1) is 13.7. The molecule has 2 aromatic carbocycles. The smallest absolute Gasteiger partial charge is 0.205 e. The summed E-state index contributed by atoms with van der Waals surface area (Å²) in [5, 5.41) is 27.0. The van der Waals surface area contributed by atoms with E-state index in [9.17, 15) is 5.11 Å². The van der Waals surface area contributed by atoms with Crippen LogP contribution >= 0.6 is 0 Å². The van der Waals surface area contributed by atoms with Crippen LogP contribution in [0, 0.1) is 6.92 Å². The number of H-pyrrole nitrogens is 1. The van der Waals surface area contributed by atoms with Gasteiger partial charge in [-0.1, -0.05) is 48.5 Å². The molecule has 0 unspecified atom stereocenters. The Morgan fingerprint density at radius 2 is 1.82 bits per heavy atom. The van der Waals surface area contributed by atoms with E-state index < -0.39 is 0 Å². The number of nitrogens with one attached hydrogen (secondary N) is 2. The molecule has 3 N–H and O–H groups in total. The predicted octanol–water partition coefficient (Wildman–Crippen LogP) is 2.74. The Hall–Kier alpha value is -3.65. The molecule has 8 heteroatoms. The van der Waals surface area contributed by atoms with Crippen LogP contribution in [0.3, 0.4) is 0 Å². The molecule has 0 bridgehead atoms. The molecule has 0 radical (unpaired) electrons. The molecule has 0 aliphatic rings. The van der Waals surface area contributed by atoms with Gasteiger partial charge in [0, 0.05) is 23.9 Å². The largest absolute Gasteiger partial charge is 0.391 e. The average molecular weight is 373 g/mol. The predicted molar refractivity (Wildman–Crippen MR) is 105 cm³/mol. The number of aliphatic hydroxyl groups excluding tert-OH is 1. The van der Waals surface area contributed by atoms with Gasteiger partial charge in [-0.15, -0.1) is 10.2 Å². The fraction of sp³-hybridized carbons (Fsp3) is 0.150. The molecule has 0 atom stereocenters. The molecule has 0 aliphatic heterocycles. The van der Waals surface area contributed by atoms with Crippen LogP contribution < -0.4 is 5.32 Å². The lowest BCUT2D eigenvalue weighted by molar-refractivity contribution is 0.281. The Morgan fingerprint density at radius 1 is 1.04 bits per heavy atom. The molecule has 0 saturated carbocycles. The summed E-state index contributed by atoms with van der Waals surface area (Å²) < 4.78 is 0. The number of aromatic amines is 1. The van der Waals surface area contributed by atoms with E-state index >= 15 is 0 Å². The molecular formula is C20H19N7O. The van der Waals surface area contributed by atoms with Crippen molar-refractivity contribution in [2.45, 2.75) is 20.1 Å². The van der Waals surface area contributed by atoms with Crippen LogP contribution in [-0.2, 0) is 13.2 Å². The van der Waals surface area contributed by atoms with Gasteiger partial charge in [-0.25, -0.2) is 9.97 Å². The van der Waals surface area contributed by atoms with Crippen LogP contribution in [0.15, 0.2) is 54.7 Å². The van der Waals surface area contributed by atoms with Crippen molar-refractivity contribution in [1.29, 1.82) is 0 Å². The van der Waals surface area contributed by atoms with Gasteiger partial charge >= 0.3 is 0 Å². The van der Waals surface area contributed by atoms with E-state index in [1.165, 1.54) is 0 Å². The molecule has 2 aromatic heterocycles. The van der Waals surface area contributed by atoms with Crippen molar-refractivity contribution >= 4 is 5.82 Å². The normalized spacial score (nSPS) is 10.8. The highest BCUT2D eigenvalue weighted by Crippen LogP contribution is 2.29. The number of aliphatic hydroxyl groups is 1. The number of benzene rings is 2. The van der Waals surface area contributed by atoms with Gasteiger partial charge in [-0.05, 0) is 28.8 Å². The van der Waals surface area contributed by atoms with Crippen LogP contribution in [0.2, 0.25) is 0 Å². The maximum Gasteiger partial charge on any atom is 0.205 e. The fourth-order valence-electron chi connectivity index (χ4n) is 2.96. The molecule has 4 aromatic rings. The number of anilines is 1. The van der Waals surface area contributed by atoms with Crippen LogP contribution in [0.5, 0.6) is 0 Å². The van der Waals surface area contributed by atoms with Crippen LogP contribution in [-0.4, -0.2) is 35.7 Å². The second-order valence-electron chi connectivity index (χ2n) is 6.28. The third-order valence-electron chi connectivity index (χ3n) is 4.39. The summed E-state index contributed by atoms with van der Waals surface area (Å²) in [4.78, 5) is 8.47. The van der Waals surface area contributed by atoms with Crippen molar-refractivity contribution in [2.75, 3.05) is 5.32 Å². The maximum absolute atomic E-state index is 9.44. The second kappa shape index (κ2) is 7.93. The molecule has 28 heavy (non-hydrogen) atoms. The summed E-state index contributed by atoms with van der Waals surface area (Å²) in [5.41, 5.74) is 4.80. The van der Waals surface area contributed by atoms with Crippen molar-refractivity contribution in [3.8, 4) is 22.5 Å². The molecule has 2 heterocycles. The zero-order valence-electron chi connectivity index (χ0n) is 15.3. The lowest BCUT2D eigenvalue weighted by Crippen LogP contribution is -2.06. The summed E-state index contributed by atoms with van der Waals surface area (Å²) in [6.45, 7) is 2.31. The first-order valence-corrected chi connectivity index (χ1v) is 8.84. The number of hydrogen-bond acceptors (Lipinski definition) is 7. The highest BCUT2D eigenvalue weighted by molar-refractivity contribution is 5.80. The summed E-state index contributed by atoms with van der Waals surface area (Å²) in [6, 6.07) is 16.2. The zero-order valence-corrected chi connectivity index (χ0v) is 15.3. The maximum atomic E-state index is 9.44. The fourth-order valence-corrected chi connectivity index (χ4v) is 2.96. The quantitative estimate of drug-likeness (QED) is 0.476. The van der Waals surface area contributed by atoms with Gasteiger partial charge in [0.15, 0.2) is 0 Å². The molecular weight excluding hydrogens is 354 g/mol. The Morgan fingerprint density at radius 3 is 2.54 bits per heavy atom. The number of aromatic nitrogens is 6. The molecule has 8 nitrogen and oxygen atoms in total. The van der Waals surface area contributed by atoms with E-state index in [-0.39, 0.29) is 6.61 Å². The van der Waals surface area contributed by atoms with E-state index in [4.69, 9.17) is 0 Å². The van der Waals surface area contributed by atoms with E-state index in [1.807, 2.05) is 31.2 Å². The van der Waals surface area contributed by atoms with Gasteiger partial charge in [-0.3, -0.25) is 0 Å². The van der Waals surface area contributed by atoms with Gasteiger partial charge in [0.25, 0.3) is 0 Å². The first-order valence-electron chi connectivity index (χ1n) is 8.84. The molecule has 0 fully saturated rings. The number of hydrogen-bond donors (Lipinski definition) is 3. The molecule has 0 spiro atoms. The van der Waals surface area contributed by atoms with Crippen LogP contribution in [0.1, 0.15) is 17.0 Å². The topological polar surface area (TPSA) is 112 Å².